The minimum atomic E-state index is -0.481. The van der Waals surface area contributed by atoms with Gasteiger partial charge in [-0.2, -0.15) is 0 Å². The van der Waals surface area contributed by atoms with Crippen LogP contribution in [0.1, 0.15) is 11.1 Å². The topological polar surface area (TPSA) is 38.3 Å². The number of halogens is 2. The number of hydrogen-bond acceptors (Lipinski definition) is 2. The SMILES string of the molecule is COCc1cccc(NC(=O)Cc2c(F)cccc2Cl)c1. The highest BCUT2D eigenvalue weighted by Gasteiger charge is 2.12. The first-order valence-corrected chi connectivity index (χ1v) is 6.78. The first kappa shape index (κ1) is 15.5. The average molecular weight is 308 g/mol. The Morgan fingerprint density at radius 2 is 2.05 bits per heavy atom. The lowest BCUT2D eigenvalue weighted by Crippen LogP contribution is -2.15. The van der Waals surface area contributed by atoms with Crippen LogP contribution < -0.4 is 5.32 Å². The van der Waals surface area contributed by atoms with Gasteiger partial charge in [-0.3, -0.25) is 4.79 Å². The van der Waals surface area contributed by atoms with E-state index in [2.05, 4.69) is 5.32 Å². The van der Waals surface area contributed by atoms with Crippen molar-refractivity contribution >= 4 is 23.2 Å². The Morgan fingerprint density at radius 1 is 1.29 bits per heavy atom. The molecule has 0 aromatic heterocycles. The van der Waals surface area contributed by atoms with E-state index in [1.54, 1.807) is 19.2 Å². The van der Waals surface area contributed by atoms with Crippen LogP contribution in [0, 0.1) is 5.82 Å². The van der Waals surface area contributed by atoms with Crippen molar-refractivity contribution in [2.24, 2.45) is 0 Å². The van der Waals surface area contributed by atoms with Crippen molar-refractivity contribution in [1.82, 2.24) is 0 Å². The molecule has 0 atom stereocenters. The summed E-state index contributed by atoms with van der Waals surface area (Å²) in [6.45, 7) is 0.461. The summed E-state index contributed by atoms with van der Waals surface area (Å²) in [6, 6.07) is 11.6. The average Bonchev–Trinajstić information content (AvgIpc) is 2.44. The Bertz CT molecular complexity index is 626. The van der Waals surface area contributed by atoms with E-state index >= 15 is 0 Å². The van der Waals surface area contributed by atoms with E-state index in [0.29, 0.717) is 12.3 Å². The molecule has 0 radical (unpaired) electrons. The molecule has 1 N–H and O–H groups in total. The third-order valence-electron chi connectivity index (χ3n) is 2.92. The molecule has 0 unspecified atom stereocenters. The van der Waals surface area contributed by atoms with Gasteiger partial charge in [-0.25, -0.2) is 4.39 Å². The van der Waals surface area contributed by atoms with Gasteiger partial charge >= 0.3 is 0 Å². The molecule has 0 aliphatic carbocycles. The third-order valence-corrected chi connectivity index (χ3v) is 3.27. The van der Waals surface area contributed by atoms with Crippen LogP contribution >= 0.6 is 11.6 Å². The van der Waals surface area contributed by atoms with Gasteiger partial charge in [-0.15, -0.1) is 0 Å². The maximum absolute atomic E-state index is 13.6. The van der Waals surface area contributed by atoms with Crippen LogP contribution in [0.3, 0.4) is 0 Å². The van der Waals surface area contributed by atoms with Crippen LogP contribution in [-0.4, -0.2) is 13.0 Å². The van der Waals surface area contributed by atoms with Crippen molar-refractivity contribution < 1.29 is 13.9 Å². The molecular weight excluding hydrogens is 293 g/mol. The number of nitrogens with one attached hydrogen (secondary N) is 1. The summed E-state index contributed by atoms with van der Waals surface area (Å²) in [4.78, 5) is 12.0. The van der Waals surface area contributed by atoms with Crippen molar-refractivity contribution in [2.75, 3.05) is 12.4 Å². The van der Waals surface area contributed by atoms with Crippen LogP contribution in [-0.2, 0) is 22.6 Å². The van der Waals surface area contributed by atoms with E-state index in [4.69, 9.17) is 16.3 Å². The molecule has 21 heavy (non-hydrogen) atoms. The van der Waals surface area contributed by atoms with Crippen molar-refractivity contribution in [1.29, 1.82) is 0 Å². The third kappa shape index (κ3) is 4.28. The molecule has 0 fully saturated rings. The molecule has 0 saturated heterocycles. The summed E-state index contributed by atoms with van der Waals surface area (Å²) in [7, 11) is 1.60. The quantitative estimate of drug-likeness (QED) is 0.912. The normalized spacial score (nSPS) is 10.4. The maximum atomic E-state index is 13.6. The van der Waals surface area contributed by atoms with Gasteiger partial charge in [0.2, 0.25) is 5.91 Å². The molecule has 0 saturated carbocycles. The molecule has 0 aliphatic rings. The van der Waals surface area contributed by atoms with Crippen LogP contribution in [0.4, 0.5) is 10.1 Å². The molecule has 5 heteroatoms. The second kappa shape index (κ2) is 7.20. The first-order valence-electron chi connectivity index (χ1n) is 6.41. The van der Waals surface area contributed by atoms with Gasteiger partial charge in [0, 0.05) is 23.4 Å². The van der Waals surface area contributed by atoms with Crippen molar-refractivity contribution in [3.05, 3.63) is 64.4 Å². The number of hydrogen-bond donors (Lipinski definition) is 1. The minimum Gasteiger partial charge on any atom is -0.380 e. The zero-order chi connectivity index (χ0) is 15.2. The molecule has 2 aromatic carbocycles. The number of carbonyl (C=O) groups is 1. The zero-order valence-electron chi connectivity index (χ0n) is 11.5. The summed E-state index contributed by atoms with van der Waals surface area (Å²) in [6.07, 6.45) is -0.111. The van der Waals surface area contributed by atoms with Gasteiger partial charge < -0.3 is 10.1 Å². The number of methoxy groups -OCH3 is 1. The van der Waals surface area contributed by atoms with Crippen LogP contribution in [0.25, 0.3) is 0 Å². The number of ether oxygens (including phenoxy) is 1. The van der Waals surface area contributed by atoms with Gasteiger partial charge in [0.25, 0.3) is 0 Å². The summed E-state index contributed by atoms with van der Waals surface area (Å²) in [5.74, 6) is -0.803. The lowest BCUT2D eigenvalue weighted by molar-refractivity contribution is -0.115. The summed E-state index contributed by atoms with van der Waals surface area (Å²) < 4.78 is 18.7. The van der Waals surface area contributed by atoms with Gasteiger partial charge in [-0.05, 0) is 29.8 Å². The van der Waals surface area contributed by atoms with Crippen LogP contribution in [0.15, 0.2) is 42.5 Å². The molecule has 0 heterocycles. The molecular formula is C16H15ClFNO2. The standard InChI is InChI=1S/C16H15ClFNO2/c1-21-10-11-4-2-5-12(8-11)19-16(20)9-13-14(17)6-3-7-15(13)18/h2-8H,9-10H2,1H3,(H,19,20). The first-order chi connectivity index (χ1) is 10.1. The maximum Gasteiger partial charge on any atom is 0.228 e. The number of rotatable bonds is 5. The highest BCUT2D eigenvalue weighted by Crippen LogP contribution is 2.20. The lowest BCUT2D eigenvalue weighted by Gasteiger charge is -2.09. The largest absolute Gasteiger partial charge is 0.380 e. The van der Waals surface area contributed by atoms with Crippen molar-refractivity contribution in [3.63, 3.8) is 0 Å². The van der Waals surface area contributed by atoms with E-state index < -0.39 is 5.82 Å². The molecule has 3 nitrogen and oxygen atoms in total. The number of amides is 1. The second-order valence-corrected chi connectivity index (χ2v) is 4.97. The minimum absolute atomic E-state index is 0.111. The molecule has 0 spiro atoms. The van der Waals surface area contributed by atoms with Gasteiger partial charge in [0.1, 0.15) is 5.82 Å². The summed E-state index contributed by atoms with van der Waals surface area (Å²) in [5.41, 5.74) is 1.78. The van der Waals surface area contributed by atoms with E-state index in [-0.39, 0.29) is 22.9 Å². The Balaban J connectivity index is 2.06. The van der Waals surface area contributed by atoms with Crippen LogP contribution in [0.5, 0.6) is 0 Å². The fourth-order valence-corrected chi connectivity index (χ4v) is 2.20. The highest BCUT2D eigenvalue weighted by atomic mass is 35.5. The molecule has 0 bridgehead atoms. The summed E-state index contributed by atoms with van der Waals surface area (Å²) >= 11 is 5.91. The van der Waals surface area contributed by atoms with E-state index in [1.165, 1.54) is 12.1 Å². The molecule has 110 valence electrons. The summed E-state index contributed by atoms with van der Waals surface area (Å²) in [5, 5.41) is 2.97. The van der Waals surface area contributed by atoms with Gasteiger partial charge in [-0.1, -0.05) is 29.8 Å². The smallest absolute Gasteiger partial charge is 0.228 e. The Kier molecular flexibility index (Phi) is 5.31. The van der Waals surface area contributed by atoms with Crippen molar-refractivity contribution in [3.8, 4) is 0 Å². The second-order valence-electron chi connectivity index (χ2n) is 4.56. The molecule has 0 aliphatic heterocycles. The highest BCUT2D eigenvalue weighted by molar-refractivity contribution is 6.31. The Morgan fingerprint density at radius 3 is 2.76 bits per heavy atom. The molecule has 2 rings (SSSR count). The predicted octanol–water partition coefficient (Wildman–Crippen LogP) is 3.81. The van der Waals surface area contributed by atoms with Gasteiger partial charge in [0.15, 0.2) is 0 Å². The van der Waals surface area contributed by atoms with E-state index in [1.807, 2.05) is 18.2 Å². The fraction of sp³-hybridized carbons (Fsp3) is 0.188. The molecule has 2 aromatic rings. The number of anilines is 1. The Labute approximate surface area is 127 Å². The Hall–Kier alpha value is -1.91. The predicted molar refractivity (Wildman–Crippen MR) is 80.9 cm³/mol. The van der Waals surface area contributed by atoms with Crippen molar-refractivity contribution in [2.45, 2.75) is 13.0 Å². The van der Waals surface area contributed by atoms with Crippen LogP contribution in [0.2, 0.25) is 5.02 Å². The fourth-order valence-electron chi connectivity index (χ4n) is 1.97. The number of benzene rings is 2. The van der Waals surface area contributed by atoms with Gasteiger partial charge in [0.05, 0.1) is 13.0 Å². The monoisotopic (exact) mass is 307 g/mol. The number of carbonyl (C=O) groups excluding carboxylic acids is 1. The van der Waals surface area contributed by atoms with E-state index in [0.717, 1.165) is 5.56 Å². The zero-order valence-corrected chi connectivity index (χ0v) is 12.3. The van der Waals surface area contributed by atoms with E-state index in [9.17, 15) is 9.18 Å². The lowest BCUT2D eigenvalue weighted by atomic mass is 10.1. The molecule has 1 amide bonds.